The van der Waals surface area contributed by atoms with E-state index < -0.39 is 17.8 Å². The molecule has 2 atom stereocenters. The van der Waals surface area contributed by atoms with Crippen LogP contribution in [0.25, 0.3) is 0 Å². The highest BCUT2D eigenvalue weighted by molar-refractivity contribution is 5.79. The molecule has 94 valence electrons. The second-order valence-electron chi connectivity index (χ2n) is 3.91. The number of rotatable bonds is 5. The zero-order chi connectivity index (χ0) is 13.0. The number of carbonyl (C=O) groups excluding carboxylic acids is 1. The first-order chi connectivity index (χ1) is 7.95. The van der Waals surface area contributed by atoms with Gasteiger partial charge in [-0.25, -0.2) is 4.39 Å². The zero-order valence-electron chi connectivity index (χ0n) is 10.2. The molecule has 0 heterocycles. The number of nitrogens with two attached hydrogens (primary N) is 1. The van der Waals surface area contributed by atoms with Gasteiger partial charge in [0.25, 0.3) is 0 Å². The van der Waals surface area contributed by atoms with Crippen molar-refractivity contribution in [3.63, 3.8) is 0 Å². The van der Waals surface area contributed by atoms with E-state index in [9.17, 15) is 9.18 Å². The van der Waals surface area contributed by atoms with Crippen molar-refractivity contribution in [2.24, 2.45) is 5.73 Å². The molecule has 1 aromatic carbocycles. The summed E-state index contributed by atoms with van der Waals surface area (Å²) in [7, 11) is 1.41. The molecule has 1 amide bonds. The molecule has 0 aliphatic heterocycles. The normalized spacial score (nSPS) is 14.1. The Bertz CT molecular complexity index is 409. The minimum absolute atomic E-state index is 0.169. The number of amides is 1. The molecular formula is C12H17FN2O2. The van der Waals surface area contributed by atoms with Gasteiger partial charge in [0.15, 0.2) is 11.6 Å². The molecular weight excluding hydrogens is 223 g/mol. The van der Waals surface area contributed by atoms with Crippen LogP contribution in [0, 0.1) is 5.82 Å². The summed E-state index contributed by atoms with van der Waals surface area (Å²) in [6.07, 6.45) is 0. The summed E-state index contributed by atoms with van der Waals surface area (Å²) in [4.78, 5) is 10.9. The van der Waals surface area contributed by atoms with Gasteiger partial charge in [-0.1, -0.05) is 6.07 Å². The minimum Gasteiger partial charge on any atom is -0.494 e. The van der Waals surface area contributed by atoms with Gasteiger partial charge in [-0.3, -0.25) is 10.1 Å². The summed E-state index contributed by atoms with van der Waals surface area (Å²) in [5, 5.41) is 2.98. The number of nitrogens with one attached hydrogen (secondary N) is 1. The monoisotopic (exact) mass is 240 g/mol. The quantitative estimate of drug-likeness (QED) is 0.816. The van der Waals surface area contributed by atoms with Gasteiger partial charge in [0.2, 0.25) is 5.91 Å². The van der Waals surface area contributed by atoms with Crippen molar-refractivity contribution in [1.29, 1.82) is 0 Å². The van der Waals surface area contributed by atoms with Gasteiger partial charge in [-0.15, -0.1) is 0 Å². The maximum atomic E-state index is 13.5. The van der Waals surface area contributed by atoms with E-state index in [0.29, 0.717) is 0 Å². The van der Waals surface area contributed by atoms with E-state index in [4.69, 9.17) is 10.5 Å². The Morgan fingerprint density at radius 2 is 2.12 bits per heavy atom. The lowest BCUT2D eigenvalue weighted by molar-refractivity contribution is -0.119. The lowest BCUT2D eigenvalue weighted by Gasteiger charge is -2.18. The predicted molar refractivity (Wildman–Crippen MR) is 63.2 cm³/mol. The van der Waals surface area contributed by atoms with Crippen LogP contribution in [0.1, 0.15) is 25.5 Å². The van der Waals surface area contributed by atoms with Crippen molar-refractivity contribution in [1.82, 2.24) is 5.32 Å². The number of benzene rings is 1. The topological polar surface area (TPSA) is 64.3 Å². The van der Waals surface area contributed by atoms with Gasteiger partial charge in [0.05, 0.1) is 13.2 Å². The molecule has 0 aliphatic carbocycles. The largest absolute Gasteiger partial charge is 0.494 e. The number of primary amides is 1. The zero-order valence-corrected chi connectivity index (χ0v) is 10.2. The van der Waals surface area contributed by atoms with E-state index in [1.807, 2.05) is 6.92 Å². The van der Waals surface area contributed by atoms with Crippen LogP contribution in [0.5, 0.6) is 5.75 Å². The molecule has 0 aromatic heterocycles. The molecule has 0 saturated carbocycles. The first-order valence-electron chi connectivity index (χ1n) is 5.34. The number of carbonyl (C=O) groups is 1. The van der Waals surface area contributed by atoms with Crippen LogP contribution in [-0.2, 0) is 4.79 Å². The summed E-state index contributed by atoms with van der Waals surface area (Å²) >= 11 is 0. The van der Waals surface area contributed by atoms with E-state index in [1.54, 1.807) is 19.1 Å². The van der Waals surface area contributed by atoms with Crippen molar-refractivity contribution in [2.45, 2.75) is 25.9 Å². The second kappa shape index (κ2) is 5.63. The average Bonchev–Trinajstić information content (AvgIpc) is 2.28. The van der Waals surface area contributed by atoms with Crippen LogP contribution in [0.15, 0.2) is 18.2 Å². The Hall–Kier alpha value is -1.62. The number of hydrogen-bond donors (Lipinski definition) is 2. The highest BCUT2D eigenvalue weighted by atomic mass is 19.1. The summed E-state index contributed by atoms with van der Waals surface area (Å²) in [6, 6.07) is 4.04. The fourth-order valence-electron chi connectivity index (χ4n) is 1.51. The van der Waals surface area contributed by atoms with Crippen molar-refractivity contribution < 1.29 is 13.9 Å². The van der Waals surface area contributed by atoms with Crippen LogP contribution < -0.4 is 15.8 Å². The minimum atomic E-state index is -0.463. The molecule has 0 fully saturated rings. The number of hydrogen-bond acceptors (Lipinski definition) is 3. The Labute approximate surface area is 100.0 Å². The van der Waals surface area contributed by atoms with Crippen LogP contribution in [0.3, 0.4) is 0 Å². The first kappa shape index (κ1) is 13.4. The fourth-order valence-corrected chi connectivity index (χ4v) is 1.51. The lowest BCUT2D eigenvalue weighted by Crippen LogP contribution is -2.40. The van der Waals surface area contributed by atoms with Crippen molar-refractivity contribution >= 4 is 5.91 Å². The van der Waals surface area contributed by atoms with Crippen LogP contribution in [-0.4, -0.2) is 19.1 Å². The standard InChI is InChI=1S/C12H17FN2O2/c1-7(15-8(2)12(14)16)9-4-5-11(17-3)10(13)6-9/h4-8,15H,1-3H3,(H2,14,16). The smallest absolute Gasteiger partial charge is 0.234 e. The molecule has 3 N–H and O–H groups in total. The van der Waals surface area contributed by atoms with Crippen molar-refractivity contribution in [3.05, 3.63) is 29.6 Å². The molecule has 0 aliphatic rings. The summed E-state index contributed by atoms with van der Waals surface area (Å²) < 4.78 is 18.3. The Balaban J connectivity index is 2.79. The Kier molecular flexibility index (Phi) is 4.45. The maximum Gasteiger partial charge on any atom is 0.234 e. The number of methoxy groups -OCH3 is 1. The predicted octanol–water partition coefficient (Wildman–Crippen LogP) is 1.36. The summed E-state index contributed by atoms with van der Waals surface area (Å²) in [5.41, 5.74) is 5.88. The third-order valence-electron chi connectivity index (χ3n) is 2.60. The van der Waals surface area contributed by atoms with E-state index in [-0.39, 0.29) is 11.8 Å². The Morgan fingerprint density at radius 1 is 1.47 bits per heavy atom. The van der Waals surface area contributed by atoms with Crippen LogP contribution >= 0.6 is 0 Å². The molecule has 0 saturated heterocycles. The van der Waals surface area contributed by atoms with Crippen molar-refractivity contribution in [2.75, 3.05) is 7.11 Å². The molecule has 1 aromatic rings. The first-order valence-corrected chi connectivity index (χ1v) is 5.34. The molecule has 4 nitrogen and oxygen atoms in total. The SMILES string of the molecule is COc1ccc(C(C)NC(C)C(N)=O)cc1F. The average molecular weight is 240 g/mol. The van der Waals surface area contributed by atoms with Crippen LogP contribution in [0.4, 0.5) is 4.39 Å². The summed E-state index contributed by atoms with van der Waals surface area (Å²) in [6.45, 7) is 3.50. The molecule has 2 unspecified atom stereocenters. The van der Waals surface area contributed by atoms with E-state index >= 15 is 0 Å². The molecule has 5 heteroatoms. The highest BCUT2D eigenvalue weighted by Gasteiger charge is 2.14. The van der Waals surface area contributed by atoms with Gasteiger partial charge in [-0.2, -0.15) is 0 Å². The molecule has 0 radical (unpaired) electrons. The molecule has 17 heavy (non-hydrogen) atoms. The molecule has 1 rings (SSSR count). The van der Waals surface area contributed by atoms with Gasteiger partial charge < -0.3 is 10.5 Å². The number of ether oxygens (including phenoxy) is 1. The van der Waals surface area contributed by atoms with Gasteiger partial charge in [0, 0.05) is 6.04 Å². The summed E-state index contributed by atoms with van der Waals surface area (Å²) in [5.74, 6) is -0.667. The second-order valence-corrected chi connectivity index (χ2v) is 3.91. The van der Waals surface area contributed by atoms with E-state index in [0.717, 1.165) is 5.56 Å². The van der Waals surface area contributed by atoms with Gasteiger partial charge in [0.1, 0.15) is 0 Å². The van der Waals surface area contributed by atoms with Gasteiger partial charge in [-0.05, 0) is 31.5 Å². The van der Waals surface area contributed by atoms with E-state index in [1.165, 1.54) is 13.2 Å². The lowest BCUT2D eigenvalue weighted by atomic mass is 10.1. The molecule has 0 spiro atoms. The van der Waals surface area contributed by atoms with Crippen LogP contribution in [0.2, 0.25) is 0 Å². The van der Waals surface area contributed by atoms with Crippen molar-refractivity contribution in [3.8, 4) is 5.75 Å². The molecule has 0 bridgehead atoms. The third-order valence-corrected chi connectivity index (χ3v) is 2.60. The van der Waals surface area contributed by atoms with Gasteiger partial charge >= 0.3 is 0 Å². The Morgan fingerprint density at radius 3 is 2.59 bits per heavy atom. The third kappa shape index (κ3) is 3.42. The number of halogens is 1. The van der Waals surface area contributed by atoms with E-state index in [2.05, 4.69) is 5.32 Å². The maximum absolute atomic E-state index is 13.5. The highest BCUT2D eigenvalue weighted by Crippen LogP contribution is 2.21. The fraction of sp³-hybridized carbons (Fsp3) is 0.417.